The second kappa shape index (κ2) is 5.24. The van der Waals surface area contributed by atoms with Crippen molar-refractivity contribution in [1.29, 1.82) is 0 Å². The highest BCUT2D eigenvalue weighted by molar-refractivity contribution is 5.59. The second-order valence-electron chi connectivity index (χ2n) is 4.80. The van der Waals surface area contributed by atoms with Crippen molar-refractivity contribution in [2.24, 2.45) is 0 Å². The Balaban J connectivity index is 2.14. The van der Waals surface area contributed by atoms with Crippen molar-refractivity contribution >= 4 is 11.4 Å². The maximum atomic E-state index is 5.79. The van der Waals surface area contributed by atoms with Crippen LogP contribution in [0.5, 0.6) is 0 Å². The molecule has 0 radical (unpaired) electrons. The third-order valence-corrected chi connectivity index (χ3v) is 3.42. The van der Waals surface area contributed by atoms with E-state index in [2.05, 4.69) is 24.0 Å². The molecule has 0 unspecified atom stereocenters. The molecule has 0 aromatic heterocycles. The van der Waals surface area contributed by atoms with Gasteiger partial charge < -0.3 is 10.6 Å². The summed E-state index contributed by atoms with van der Waals surface area (Å²) in [5.41, 5.74) is 9.34. The number of hydrogen-bond acceptors (Lipinski definition) is 2. The van der Waals surface area contributed by atoms with Crippen molar-refractivity contribution in [1.82, 2.24) is 0 Å². The highest BCUT2D eigenvalue weighted by Crippen LogP contribution is 2.24. The average Bonchev–Trinajstić information content (AvgIpc) is 2.19. The third-order valence-electron chi connectivity index (χ3n) is 3.42. The second-order valence-corrected chi connectivity index (χ2v) is 4.80. The van der Waals surface area contributed by atoms with Crippen LogP contribution in [-0.2, 0) is 0 Å². The molecule has 1 heterocycles. The number of aryl methyl sites for hydroxylation is 1. The van der Waals surface area contributed by atoms with E-state index in [1.54, 1.807) is 0 Å². The topological polar surface area (TPSA) is 29.3 Å². The monoisotopic (exact) mass is 218 g/mol. The zero-order valence-corrected chi connectivity index (χ0v) is 10.2. The van der Waals surface area contributed by atoms with Gasteiger partial charge in [-0.25, -0.2) is 0 Å². The molecule has 0 bridgehead atoms. The van der Waals surface area contributed by atoms with Crippen LogP contribution in [0.4, 0.5) is 11.4 Å². The van der Waals surface area contributed by atoms with Gasteiger partial charge in [0.1, 0.15) is 0 Å². The molecular weight excluding hydrogens is 196 g/mol. The van der Waals surface area contributed by atoms with Crippen LogP contribution in [0.3, 0.4) is 0 Å². The van der Waals surface area contributed by atoms with Crippen LogP contribution < -0.4 is 10.6 Å². The first-order valence-electron chi connectivity index (χ1n) is 6.38. The molecule has 0 aliphatic carbocycles. The van der Waals surface area contributed by atoms with Crippen LogP contribution >= 0.6 is 0 Å². The molecule has 2 N–H and O–H groups in total. The summed E-state index contributed by atoms with van der Waals surface area (Å²) in [6.45, 7) is 4.56. The number of benzene rings is 1. The summed E-state index contributed by atoms with van der Waals surface area (Å²) in [7, 11) is 0. The molecule has 1 aliphatic rings. The van der Waals surface area contributed by atoms with Crippen molar-refractivity contribution in [3.8, 4) is 0 Å². The lowest BCUT2D eigenvalue weighted by Crippen LogP contribution is -2.27. The third kappa shape index (κ3) is 2.69. The fourth-order valence-electron chi connectivity index (χ4n) is 2.52. The Morgan fingerprint density at radius 3 is 2.25 bits per heavy atom. The van der Waals surface area contributed by atoms with Gasteiger partial charge in [0, 0.05) is 24.5 Å². The molecule has 1 aliphatic heterocycles. The highest BCUT2D eigenvalue weighted by atomic mass is 15.1. The molecule has 2 rings (SSSR count). The molecule has 1 saturated heterocycles. The predicted molar refractivity (Wildman–Crippen MR) is 70.9 cm³/mol. The van der Waals surface area contributed by atoms with E-state index in [-0.39, 0.29) is 0 Å². The van der Waals surface area contributed by atoms with Crippen LogP contribution in [0.25, 0.3) is 0 Å². The van der Waals surface area contributed by atoms with Gasteiger partial charge in [0.05, 0.1) is 0 Å². The van der Waals surface area contributed by atoms with Crippen LogP contribution in [0.1, 0.15) is 37.7 Å². The number of hydrogen-bond donors (Lipinski definition) is 1. The van der Waals surface area contributed by atoms with E-state index >= 15 is 0 Å². The van der Waals surface area contributed by atoms with Gasteiger partial charge >= 0.3 is 0 Å². The molecule has 0 saturated carbocycles. The van der Waals surface area contributed by atoms with E-state index in [0.717, 1.165) is 5.69 Å². The van der Waals surface area contributed by atoms with Gasteiger partial charge in [-0.3, -0.25) is 0 Å². The molecule has 1 aromatic carbocycles. The normalized spacial score (nSPS) is 17.9. The molecule has 0 spiro atoms. The first-order chi connectivity index (χ1) is 7.77. The fourth-order valence-corrected chi connectivity index (χ4v) is 2.52. The van der Waals surface area contributed by atoms with Gasteiger partial charge in [-0.05, 0) is 43.5 Å². The molecule has 1 aromatic rings. The van der Waals surface area contributed by atoms with Gasteiger partial charge in [-0.15, -0.1) is 0 Å². The smallest absolute Gasteiger partial charge is 0.0397 e. The van der Waals surface area contributed by atoms with E-state index < -0.39 is 0 Å². The van der Waals surface area contributed by atoms with Crippen molar-refractivity contribution < 1.29 is 0 Å². The van der Waals surface area contributed by atoms with Gasteiger partial charge in [0.15, 0.2) is 0 Å². The van der Waals surface area contributed by atoms with Crippen molar-refractivity contribution in [3.63, 3.8) is 0 Å². The maximum absolute atomic E-state index is 5.79. The summed E-state index contributed by atoms with van der Waals surface area (Å²) in [6, 6.07) is 6.27. The van der Waals surface area contributed by atoms with E-state index in [1.165, 1.54) is 56.4 Å². The Labute approximate surface area is 98.4 Å². The predicted octanol–water partition coefficient (Wildman–Crippen LogP) is 3.35. The molecule has 1 fully saturated rings. The molecule has 88 valence electrons. The first-order valence-corrected chi connectivity index (χ1v) is 6.38. The van der Waals surface area contributed by atoms with Crippen LogP contribution in [0.2, 0.25) is 0 Å². The Hall–Kier alpha value is -1.18. The summed E-state index contributed by atoms with van der Waals surface area (Å²) >= 11 is 0. The van der Waals surface area contributed by atoms with Gasteiger partial charge in [-0.2, -0.15) is 0 Å². The molecule has 16 heavy (non-hydrogen) atoms. The largest absolute Gasteiger partial charge is 0.399 e. The standard InChI is InChI=1S/C14H22N2/c1-12-11-13(15)7-8-14(12)16-9-5-3-2-4-6-10-16/h7-8,11H,2-6,9-10,15H2,1H3. The lowest BCUT2D eigenvalue weighted by molar-refractivity contribution is 0.556. The molecule has 2 nitrogen and oxygen atoms in total. The van der Waals surface area contributed by atoms with Crippen LogP contribution in [-0.4, -0.2) is 13.1 Å². The lowest BCUT2D eigenvalue weighted by atomic mass is 10.1. The van der Waals surface area contributed by atoms with Crippen molar-refractivity contribution in [3.05, 3.63) is 23.8 Å². The van der Waals surface area contributed by atoms with Gasteiger partial charge in [-0.1, -0.05) is 19.3 Å². The lowest BCUT2D eigenvalue weighted by Gasteiger charge is -2.28. The minimum absolute atomic E-state index is 0.869. The fraction of sp³-hybridized carbons (Fsp3) is 0.571. The van der Waals surface area contributed by atoms with Crippen molar-refractivity contribution in [2.75, 3.05) is 23.7 Å². The van der Waals surface area contributed by atoms with E-state index in [0.29, 0.717) is 0 Å². The summed E-state index contributed by atoms with van der Waals surface area (Å²) in [6.07, 6.45) is 6.82. The van der Waals surface area contributed by atoms with Gasteiger partial charge in [0.25, 0.3) is 0 Å². The van der Waals surface area contributed by atoms with Gasteiger partial charge in [0.2, 0.25) is 0 Å². The Kier molecular flexibility index (Phi) is 3.70. The molecule has 0 amide bonds. The maximum Gasteiger partial charge on any atom is 0.0397 e. The van der Waals surface area contributed by atoms with E-state index in [1.807, 2.05) is 6.07 Å². The van der Waals surface area contributed by atoms with E-state index in [9.17, 15) is 0 Å². The quantitative estimate of drug-likeness (QED) is 0.732. The minimum atomic E-state index is 0.869. The van der Waals surface area contributed by atoms with Crippen LogP contribution in [0, 0.1) is 6.92 Å². The summed E-state index contributed by atoms with van der Waals surface area (Å²) in [5, 5.41) is 0. The summed E-state index contributed by atoms with van der Waals surface area (Å²) < 4.78 is 0. The molecule has 2 heteroatoms. The SMILES string of the molecule is Cc1cc(N)ccc1N1CCCCCCC1. The van der Waals surface area contributed by atoms with Crippen molar-refractivity contribution in [2.45, 2.75) is 39.0 Å². The number of nitrogen functional groups attached to an aromatic ring is 1. The van der Waals surface area contributed by atoms with E-state index in [4.69, 9.17) is 5.73 Å². The Morgan fingerprint density at radius 2 is 1.62 bits per heavy atom. The molecule has 0 atom stereocenters. The highest BCUT2D eigenvalue weighted by Gasteiger charge is 2.10. The zero-order chi connectivity index (χ0) is 11.4. The summed E-state index contributed by atoms with van der Waals surface area (Å²) in [4.78, 5) is 2.52. The minimum Gasteiger partial charge on any atom is -0.399 e. The number of anilines is 2. The zero-order valence-electron chi connectivity index (χ0n) is 10.2. The average molecular weight is 218 g/mol. The first kappa shape index (κ1) is 11.3. The number of rotatable bonds is 1. The Morgan fingerprint density at radius 1 is 1.00 bits per heavy atom. The number of nitrogens with zero attached hydrogens (tertiary/aromatic N) is 1. The molecular formula is C14H22N2. The van der Waals surface area contributed by atoms with Crippen LogP contribution in [0.15, 0.2) is 18.2 Å². The Bertz CT molecular complexity index is 339. The summed E-state index contributed by atoms with van der Waals surface area (Å²) in [5.74, 6) is 0. The number of nitrogens with two attached hydrogens (primary N) is 1.